The van der Waals surface area contributed by atoms with Crippen molar-refractivity contribution in [3.8, 4) is 10.7 Å². The molecule has 1 aliphatic heterocycles. The number of rotatable bonds is 4. The maximum absolute atomic E-state index is 12.6. The fourth-order valence-corrected chi connectivity index (χ4v) is 3.79. The van der Waals surface area contributed by atoms with E-state index in [1.807, 2.05) is 37.3 Å². The molecule has 0 unspecified atom stereocenters. The van der Waals surface area contributed by atoms with E-state index in [0.29, 0.717) is 16.4 Å². The zero-order chi connectivity index (χ0) is 18.6. The summed E-state index contributed by atoms with van der Waals surface area (Å²) in [5, 5.41) is 3.58. The Morgan fingerprint density at radius 2 is 2.04 bits per heavy atom. The molecular formula is C19H19N5O2S. The van der Waals surface area contributed by atoms with Crippen LogP contribution in [-0.2, 0) is 4.74 Å². The van der Waals surface area contributed by atoms with Gasteiger partial charge in [0.05, 0.1) is 36.5 Å². The topological polar surface area (TPSA) is 80.2 Å². The standard InChI is InChI=1S/C19H19N5O2S/c1-13-17(27-19(22-13)15-4-2-3-7-20-15)18(25)23-16-6-5-14(12-21-16)24-8-10-26-11-9-24/h2-7,12H,8-11H2,1H3,(H,21,23,25). The first-order chi connectivity index (χ1) is 13.2. The largest absolute Gasteiger partial charge is 0.378 e. The number of nitrogens with zero attached hydrogens (tertiary/aromatic N) is 4. The average Bonchev–Trinajstić information content (AvgIpc) is 3.12. The van der Waals surface area contributed by atoms with E-state index < -0.39 is 0 Å². The van der Waals surface area contributed by atoms with Crippen LogP contribution in [0, 0.1) is 6.92 Å². The highest BCUT2D eigenvalue weighted by Gasteiger charge is 2.18. The maximum atomic E-state index is 12.6. The lowest BCUT2D eigenvalue weighted by atomic mass is 10.3. The Balaban J connectivity index is 1.47. The van der Waals surface area contributed by atoms with Crippen LogP contribution in [0.2, 0.25) is 0 Å². The van der Waals surface area contributed by atoms with E-state index in [4.69, 9.17) is 4.74 Å². The Hall–Kier alpha value is -2.84. The molecule has 0 aromatic carbocycles. The zero-order valence-electron chi connectivity index (χ0n) is 14.9. The van der Waals surface area contributed by atoms with Gasteiger partial charge in [0.2, 0.25) is 0 Å². The van der Waals surface area contributed by atoms with Crippen LogP contribution in [0.1, 0.15) is 15.4 Å². The van der Waals surface area contributed by atoms with Gasteiger partial charge in [0.25, 0.3) is 5.91 Å². The van der Waals surface area contributed by atoms with Gasteiger partial charge in [-0.1, -0.05) is 6.07 Å². The molecule has 1 saturated heterocycles. The van der Waals surface area contributed by atoms with Crippen LogP contribution in [0.5, 0.6) is 0 Å². The van der Waals surface area contributed by atoms with Crippen LogP contribution >= 0.6 is 11.3 Å². The Kier molecular flexibility index (Phi) is 5.08. The Morgan fingerprint density at radius 1 is 1.19 bits per heavy atom. The lowest BCUT2D eigenvalue weighted by molar-refractivity contribution is 0.102. The van der Waals surface area contributed by atoms with Crippen LogP contribution in [0.4, 0.5) is 11.5 Å². The number of morpholine rings is 1. The number of carbonyl (C=O) groups is 1. The maximum Gasteiger partial charge on any atom is 0.268 e. The summed E-state index contributed by atoms with van der Waals surface area (Å²) < 4.78 is 5.36. The molecule has 4 heterocycles. The average molecular weight is 381 g/mol. The zero-order valence-corrected chi connectivity index (χ0v) is 15.7. The molecule has 1 aliphatic rings. The quantitative estimate of drug-likeness (QED) is 0.748. The lowest BCUT2D eigenvalue weighted by Gasteiger charge is -2.28. The van der Waals surface area contributed by atoms with Gasteiger partial charge in [-0.25, -0.2) is 9.97 Å². The van der Waals surface area contributed by atoms with Crippen LogP contribution in [0.15, 0.2) is 42.7 Å². The number of aryl methyl sites for hydroxylation is 1. The predicted octanol–water partition coefficient (Wildman–Crippen LogP) is 3.00. The van der Waals surface area contributed by atoms with Crippen molar-refractivity contribution >= 4 is 28.7 Å². The van der Waals surface area contributed by atoms with Gasteiger partial charge in [0.1, 0.15) is 15.7 Å². The number of carbonyl (C=O) groups excluding carboxylic acids is 1. The van der Waals surface area contributed by atoms with E-state index in [9.17, 15) is 4.79 Å². The molecule has 1 N–H and O–H groups in total. The third-order valence-corrected chi connectivity index (χ3v) is 5.43. The van der Waals surface area contributed by atoms with Crippen LogP contribution in [0.25, 0.3) is 10.7 Å². The molecule has 3 aromatic rings. The van der Waals surface area contributed by atoms with Crippen molar-refractivity contribution < 1.29 is 9.53 Å². The molecule has 27 heavy (non-hydrogen) atoms. The summed E-state index contributed by atoms with van der Waals surface area (Å²) in [6, 6.07) is 9.42. The fourth-order valence-electron chi connectivity index (χ4n) is 2.85. The van der Waals surface area contributed by atoms with Crippen molar-refractivity contribution in [2.45, 2.75) is 6.92 Å². The number of thiazole rings is 1. The third kappa shape index (κ3) is 3.96. The van der Waals surface area contributed by atoms with Gasteiger partial charge in [-0.05, 0) is 31.2 Å². The van der Waals surface area contributed by atoms with Crippen LogP contribution in [0.3, 0.4) is 0 Å². The summed E-state index contributed by atoms with van der Waals surface area (Å²) in [6.45, 7) is 4.98. The molecule has 0 spiro atoms. The number of anilines is 2. The molecule has 8 heteroatoms. The second kappa shape index (κ2) is 7.81. The first kappa shape index (κ1) is 17.6. The number of ether oxygens (including phenoxy) is 1. The highest BCUT2D eigenvalue weighted by atomic mass is 32.1. The Bertz CT molecular complexity index is 921. The van der Waals surface area contributed by atoms with Gasteiger partial charge in [-0.2, -0.15) is 0 Å². The van der Waals surface area contributed by atoms with Gasteiger partial charge in [0, 0.05) is 19.3 Å². The molecule has 0 saturated carbocycles. The third-order valence-electron chi connectivity index (χ3n) is 4.25. The van der Waals surface area contributed by atoms with E-state index in [2.05, 4.69) is 25.2 Å². The monoisotopic (exact) mass is 381 g/mol. The molecule has 1 fully saturated rings. The molecule has 3 aromatic heterocycles. The van der Waals surface area contributed by atoms with E-state index >= 15 is 0 Å². The van der Waals surface area contributed by atoms with Crippen molar-refractivity contribution in [3.63, 3.8) is 0 Å². The van der Waals surface area contributed by atoms with Crippen molar-refractivity contribution in [1.82, 2.24) is 15.0 Å². The molecule has 0 bridgehead atoms. The van der Waals surface area contributed by atoms with Crippen LogP contribution in [-0.4, -0.2) is 47.2 Å². The minimum absolute atomic E-state index is 0.209. The van der Waals surface area contributed by atoms with Crippen molar-refractivity contribution in [3.05, 3.63) is 53.3 Å². The molecule has 7 nitrogen and oxygen atoms in total. The second-order valence-corrected chi connectivity index (χ2v) is 7.10. The van der Waals surface area contributed by atoms with Gasteiger partial charge in [-0.3, -0.25) is 9.78 Å². The van der Waals surface area contributed by atoms with E-state index in [-0.39, 0.29) is 5.91 Å². The predicted molar refractivity (Wildman–Crippen MR) is 105 cm³/mol. The number of nitrogens with one attached hydrogen (secondary N) is 1. The summed E-state index contributed by atoms with van der Waals surface area (Å²) in [5.74, 6) is 0.308. The lowest BCUT2D eigenvalue weighted by Crippen LogP contribution is -2.36. The molecule has 4 rings (SSSR count). The number of hydrogen-bond acceptors (Lipinski definition) is 7. The van der Waals surface area contributed by atoms with Crippen molar-refractivity contribution in [2.75, 3.05) is 36.5 Å². The van der Waals surface area contributed by atoms with E-state index in [1.165, 1.54) is 11.3 Å². The van der Waals surface area contributed by atoms with Crippen LogP contribution < -0.4 is 10.2 Å². The summed E-state index contributed by atoms with van der Waals surface area (Å²) >= 11 is 1.33. The number of hydrogen-bond donors (Lipinski definition) is 1. The van der Waals surface area contributed by atoms with Gasteiger partial charge in [0.15, 0.2) is 0 Å². The van der Waals surface area contributed by atoms with Crippen molar-refractivity contribution in [1.29, 1.82) is 0 Å². The molecular weight excluding hydrogens is 362 g/mol. The van der Waals surface area contributed by atoms with Gasteiger partial charge in [-0.15, -0.1) is 11.3 Å². The first-order valence-corrected chi connectivity index (χ1v) is 9.51. The first-order valence-electron chi connectivity index (χ1n) is 8.69. The number of pyridine rings is 2. The highest BCUT2D eigenvalue weighted by molar-refractivity contribution is 7.17. The summed E-state index contributed by atoms with van der Waals surface area (Å²) in [4.78, 5) is 28.6. The van der Waals surface area contributed by atoms with E-state index in [0.717, 1.165) is 42.7 Å². The minimum Gasteiger partial charge on any atom is -0.378 e. The number of aromatic nitrogens is 3. The summed E-state index contributed by atoms with van der Waals surface area (Å²) in [5.41, 5.74) is 2.48. The van der Waals surface area contributed by atoms with Crippen molar-refractivity contribution in [2.24, 2.45) is 0 Å². The Morgan fingerprint density at radius 3 is 2.74 bits per heavy atom. The highest BCUT2D eigenvalue weighted by Crippen LogP contribution is 2.27. The smallest absolute Gasteiger partial charge is 0.268 e. The molecule has 0 atom stereocenters. The van der Waals surface area contributed by atoms with E-state index in [1.54, 1.807) is 12.4 Å². The molecule has 0 radical (unpaired) electrons. The molecule has 1 amide bonds. The van der Waals surface area contributed by atoms with Gasteiger partial charge < -0.3 is 15.0 Å². The Labute approximate surface area is 161 Å². The normalized spacial score (nSPS) is 14.2. The molecule has 138 valence electrons. The summed E-state index contributed by atoms with van der Waals surface area (Å²) in [6.07, 6.45) is 3.49. The fraction of sp³-hybridized carbons (Fsp3) is 0.263. The summed E-state index contributed by atoms with van der Waals surface area (Å²) in [7, 11) is 0. The SMILES string of the molecule is Cc1nc(-c2ccccn2)sc1C(=O)Nc1ccc(N2CCOCC2)cn1. The molecule has 0 aliphatic carbocycles. The van der Waals surface area contributed by atoms with Gasteiger partial charge >= 0.3 is 0 Å². The second-order valence-electron chi connectivity index (χ2n) is 6.10. The minimum atomic E-state index is -0.209. The number of amides is 1.